The second-order valence-electron chi connectivity index (χ2n) is 6.36. The molecule has 1 fully saturated rings. The van der Waals surface area contributed by atoms with E-state index in [1.807, 2.05) is 42.5 Å². The molecule has 0 aliphatic carbocycles. The van der Waals surface area contributed by atoms with Crippen molar-refractivity contribution in [2.75, 3.05) is 18.1 Å². The molecular weight excluding hydrogens is 332 g/mol. The van der Waals surface area contributed by atoms with E-state index >= 15 is 0 Å². The number of benzene rings is 2. The molecule has 0 saturated carbocycles. The third-order valence-electron chi connectivity index (χ3n) is 4.78. The zero-order chi connectivity index (χ0) is 17.7. The van der Waals surface area contributed by atoms with E-state index in [0.29, 0.717) is 5.69 Å². The standard InChI is InChI=1S/C19H16N4O3/c24-9-13-10-26-19(25)23(13)12-5-6-16-14(8-12)18(22-21-16)17-7-11-3-1-2-4-15(11)20-17/h1-8,13,20,24H,9-10H2,(H,21,22)/t13-/m0/s1. The van der Waals surface area contributed by atoms with Gasteiger partial charge < -0.3 is 14.8 Å². The number of carbonyl (C=O) groups excluding carboxylic acids is 1. The fourth-order valence-electron chi connectivity index (χ4n) is 3.47. The van der Waals surface area contributed by atoms with Crippen LogP contribution in [0.15, 0.2) is 48.5 Å². The summed E-state index contributed by atoms with van der Waals surface area (Å²) in [6.07, 6.45) is -0.445. The highest BCUT2D eigenvalue weighted by molar-refractivity contribution is 5.99. The molecule has 4 aromatic rings. The van der Waals surface area contributed by atoms with Gasteiger partial charge in [-0.25, -0.2) is 4.79 Å². The van der Waals surface area contributed by atoms with E-state index < -0.39 is 6.09 Å². The minimum absolute atomic E-state index is 0.149. The summed E-state index contributed by atoms with van der Waals surface area (Å²) in [7, 11) is 0. The van der Waals surface area contributed by atoms with E-state index in [9.17, 15) is 9.90 Å². The summed E-state index contributed by atoms with van der Waals surface area (Å²) in [4.78, 5) is 16.9. The van der Waals surface area contributed by atoms with Gasteiger partial charge in [-0.2, -0.15) is 5.10 Å². The fourth-order valence-corrected chi connectivity index (χ4v) is 3.47. The molecule has 2 aromatic heterocycles. The zero-order valence-electron chi connectivity index (χ0n) is 13.8. The Morgan fingerprint density at radius 1 is 1.19 bits per heavy atom. The number of ether oxygens (including phenoxy) is 1. The summed E-state index contributed by atoms with van der Waals surface area (Å²) in [6.45, 7) is 0.0394. The number of fused-ring (bicyclic) bond motifs is 2. The number of hydrogen-bond acceptors (Lipinski definition) is 4. The molecule has 1 saturated heterocycles. The van der Waals surface area contributed by atoms with Crippen molar-refractivity contribution >= 4 is 33.6 Å². The first-order valence-corrected chi connectivity index (χ1v) is 8.38. The molecule has 7 heteroatoms. The molecule has 0 bridgehead atoms. The van der Waals surface area contributed by atoms with Gasteiger partial charge in [0.15, 0.2) is 0 Å². The molecule has 0 unspecified atom stereocenters. The molecular formula is C19H16N4O3. The largest absolute Gasteiger partial charge is 0.447 e. The van der Waals surface area contributed by atoms with Gasteiger partial charge in [0, 0.05) is 22.0 Å². The van der Waals surface area contributed by atoms with E-state index in [0.717, 1.165) is 33.2 Å². The number of aliphatic hydroxyl groups excluding tert-OH is 1. The van der Waals surface area contributed by atoms with Gasteiger partial charge >= 0.3 is 6.09 Å². The number of cyclic esters (lactones) is 1. The van der Waals surface area contributed by atoms with Crippen LogP contribution >= 0.6 is 0 Å². The van der Waals surface area contributed by atoms with Crippen molar-refractivity contribution in [3.8, 4) is 11.4 Å². The highest BCUT2D eigenvalue weighted by Crippen LogP contribution is 2.32. The van der Waals surface area contributed by atoms with Crippen LogP contribution in [0.2, 0.25) is 0 Å². The van der Waals surface area contributed by atoms with Crippen LogP contribution in [0.3, 0.4) is 0 Å². The second kappa shape index (κ2) is 5.60. The molecule has 1 aliphatic rings. The lowest BCUT2D eigenvalue weighted by molar-refractivity contribution is 0.174. The number of aliphatic hydroxyl groups is 1. The number of anilines is 1. The first-order valence-electron chi connectivity index (χ1n) is 8.38. The predicted molar refractivity (Wildman–Crippen MR) is 98.1 cm³/mol. The number of H-pyrrole nitrogens is 2. The van der Waals surface area contributed by atoms with Gasteiger partial charge in [-0.15, -0.1) is 0 Å². The SMILES string of the molecule is O=C1OC[C@H](CO)N1c1ccc2[nH]nc(-c3cc4ccccc4[nH]3)c2c1. The molecule has 1 atom stereocenters. The van der Waals surface area contributed by atoms with Gasteiger partial charge in [-0.1, -0.05) is 18.2 Å². The van der Waals surface area contributed by atoms with Crippen molar-refractivity contribution in [1.29, 1.82) is 0 Å². The number of hydrogen-bond donors (Lipinski definition) is 3. The third kappa shape index (κ3) is 2.18. The number of nitrogens with one attached hydrogen (secondary N) is 2. The maximum Gasteiger partial charge on any atom is 0.414 e. The van der Waals surface area contributed by atoms with Crippen LogP contribution in [0.4, 0.5) is 10.5 Å². The molecule has 130 valence electrons. The van der Waals surface area contributed by atoms with Gasteiger partial charge in [-0.3, -0.25) is 10.00 Å². The first-order chi connectivity index (χ1) is 12.7. The minimum Gasteiger partial charge on any atom is -0.447 e. The van der Waals surface area contributed by atoms with E-state index in [-0.39, 0.29) is 19.3 Å². The second-order valence-corrected chi connectivity index (χ2v) is 6.36. The Kier molecular flexibility index (Phi) is 3.23. The predicted octanol–water partition coefficient (Wildman–Crippen LogP) is 3.03. The zero-order valence-corrected chi connectivity index (χ0v) is 13.8. The van der Waals surface area contributed by atoms with E-state index in [1.165, 1.54) is 4.90 Å². The lowest BCUT2D eigenvalue weighted by Crippen LogP contribution is -2.35. The average molecular weight is 348 g/mol. The number of carbonyl (C=O) groups is 1. The molecule has 0 spiro atoms. The normalized spacial score (nSPS) is 17.3. The maximum absolute atomic E-state index is 12.1. The summed E-state index contributed by atoms with van der Waals surface area (Å²) in [5.74, 6) is 0. The molecule has 5 rings (SSSR count). The molecule has 26 heavy (non-hydrogen) atoms. The van der Waals surface area contributed by atoms with Crippen molar-refractivity contribution in [3.63, 3.8) is 0 Å². The number of aromatic nitrogens is 3. The molecule has 3 N–H and O–H groups in total. The molecule has 1 amide bonds. The molecule has 2 aromatic carbocycles. The van der Waals surface area contributed by atoms with Crippen LogP contribution < -0.4 is 4.90 Å². The highest BCUT2D eigenvalue weighted by Gasteiger charge is 2.34. The van der Waals surface area contributed by atoms with Crippen molar-refractivity contribution in [2.45, 2.75) is 6.04 Å². The third-order valence-corrected chi connectivity index (χ3v) is 4.78. The number of aromatic amines is 2. The molecule has 3 heterocycles. The van der Waals surface area contributed by atoms with Crippen molar-refractivity contribution < 1.29 is 14.6 Å². The summed E-state index contributed by atoms with van der Waals surface area (Å²) in [5.41, 5.74) is 4.27. The van der Waals surface area contributed by atoms with Crippen LogP contribution in [0.1, 0.15) is 0 Å². The van der Waals surface area contributed by atoms with Gasteiger partial charge in [0.2, 0.25) is 0 Å². The van der Waals surface area contributed by atoms with Gasteiger partial charge in [0.25, 0.3) is 0 Å². The topological polar surface area (TPSA) is 94.2 Å². The minimum atomic E-state index is -0.445. The Bertz CT molecular complexity index is 1100. The molecule has 1 aliphatic heterocycles. The first kappa shape index (κ1) is 15.0. The molecule has 7 nitrogen and oxygen atoms in total. The Labute approximate surface area is 148 Å². The number of nitrogens with zero attached hydrogens (tertiary/aromatic N) is 2. The summed E-state index contributed by atoms with van der Waals surface area (Å²) in [5, 5.41) is 19.0. The average Bonchev–Trinajstić information content (AvgIpc) is 3.36. The van der Waals surface area contributed by atoms with E-state index in [1.54, 1.807) is 0 Å². The van der Waals surface area contributed by atoms with Crippen LogP contribution in [0.5, 0.6) is 0 Å². The highest BCUT2D eigenvalue weighted by atomic mass is 16.6. The van der Waals surface area contributed by atoms with Crippen molar-refractivity contribution in [3.05, 3.63) is 48.5 Å². The fraction of sp³-hybridized carbons (Fsp3) is 0.158. The Hall–Kier alpha value is -3.32. The molecule has 0 radical (unpaired) electrons. The van der Waals surface area contributed by atoms with Gasteiger partial charge in [-0.05, 0) is 30.3 Å². The monoisotopic (exact) mass is 348 g/mol. The maximum atomic E-state index is 12.1. The number of rotatable bonds is 3. The van der Waals surface area contributed by atoms with E-state index in [4.69, 9.17) is 4.74 Å². The van der Waals surface area contributed by atoms with Crippen molar-refractivity contribution in [2.24, 2.45) is 0 Å². The van der Waals surface area contributed by atoms with Crippen molar-refractivity contribution in [1.82, 2.24) is 15.2 Å². The quantitative estimate of drug-likeness (QED) is 0.530. The summed E-state index contributed by atoms with van der Waals surface area (Å²) < 4.78 is 5.07. The van der Waals surface area contributed by atoms with Crippen LogP contribution in [-0.4, -0.2) is 45.6 Å². The lowest BCUT2D eigenvalue weighted by Gasteiger charge is -2.19. The summed E-state index contributed by atoms with van der Waals surface area (Å²) >= 11 is 0. The smallest absolute Gasteiger partial charge is 0.414 e. The Morgan fingerprint density at radius 3 is 2.92 bits per heavy atom. The van der Waals surface area contributed by atoms with Crippen LogP contribution in [0.25, 0.3) is 33.2 Å². The summed E-state index contributed by atoms with van der Waals surface area (Å²) in [6, 6.07) is 15.3. The van der Waals surface area contributed by atoms with Gasteiger partial charge in [0.1, 0.15) is 12.3 Å². The van der Waals surface area contributed by atoms with Gasteiger partial charge in [0.05, 0.1) is 23.9 Å². The van der Waals surface area contributed by atoms with E-state index in [2.05, 4.69) is 21.2 Å². The number of para-hydroxylation sites is 1. The van der Waals surface area contributed by atoms with Crippen LogP contribution in [-0.2, 0) is 4.74 Å². The Balaban J connectivity index is 1.64. The van der Waals surface area contributed by atoms with Crippen LogP contribution in [0, 0.1) is 0 Å². The Morgan fingerprint density at radius 2 is 2.08 bits per heavy atom. The number of amides is 1. The lowest BCUT2D eigenvalue weighted by atomic mass is 10.1.